The minimum atomic E-state index is -1.51. The average molecular weight is 432 g/mol. The summed E-state index contributed by atoms with van der Waals surface area (Å²) in [6.45, 7) is 0.762. The van der Waals surface area contributed by atoms with E-state index in [0.717, 1.165) is 35.9 Å². The van der Waals surface area contributed by atoms with Gasteiger partial charge in [-0.3, -0.25) is 0 Å². The molecule has 1 heterocycles. The van der Waals surface area contributed by atoms with Crippen LogP contribution in [0.2, 0.25) is 0 Å². The highest BCUT2D eigenvalue weighted by Crippen LogP contribution is 2.20. The van der Waals surface area contributed by atoms with Gasteiger partial charge in [0.1, 0.15) is 11.6 Å². The quantitative estimate of drug-likeness (QED) is 0.647. The Morgan fingerprint density at radius 2 is 1.81 bits per heavy atom. The topological polar surface area (TPSA) is 98.9 Å². The fourth-order valence-corrected chi connectivity index (χ4v) is 3.61. The minimum absolute atomic E-state index is 0.142. The number of anilines is 1. The Kier molecular flexibility index (Phi) is 7.41. The molecule has 1 aliphatic rings. The summed E-state index contributed by atoms with van der Waals surface area (Å²) in [6.07, 6.45) is 0.586. The van der Waals surface area contributed by atoms with Gasteiger partial charge in [-0.1, -0.05) is 12.1 Å². The van der Waals surface area contributed by atoms with E-state index in [4.69, 9.17) is 5.73 Å². The van der Waals surface area contributed by atoms with Crippen LogP contribution in [0, 0.1) is 11.6 Å². The third kappa shape index (κ3) is 5.91. The van der Waals surface area contributed by atoms with Gasteiger partial charge in [-0.25, -0.2) is 23.3 Å². The lowest BCUT2D eigenvalue weighted by molar-refractivity contribution is 0.119. The van der Waals surface area contributed by atoms with Crippen LogP contribution >= 0.6 is 0 Å². The lowest BCUT2D eigenvalue weighted by Gasteiger charge is -2.35. The summed E-state index contributed by atoms with van der Waals surface area (Å²) in [4.78, 5) is 26.3. The number of halogens is 2. The number of benzene rings is 2. The molecule has 0 spiro atoms. The SMILES string of the molecule is NCCc1ccc(NC2CCN(C(=O)N(Cc3cc(F)ccc3F)C(=O)O)CC2)cc1. The molecule has 0 saturated carbocycles. The van der Waals surface area contributed by atoms with Crippen LogP contribution in [0.15, 0.2) is 42.5 Å². The molecule has 31 heavy (non-hydrogen) atoms. The van der Waals surface area contributed by atoms with Crippen molar-refractivity contribution in [1.82, 2.24) is 9.80 Å². The Labute approximate surface area is 179 Å². The summed E-state index contributed by atoms with van der Waals surface area (Å²) in [6, 6.07) is 10.2. The fourth-order valence-electron chi connectivity index (χ4n) is 3.61. The number of rotatable bonds is 6. The zero-order chi connectivity index (χ0) is 22.4. The van der Waals surface area contributed by atoms with Gasteiger partial charge in [0.2, 0.25) is 0 Å². The van der Waals surface area contributed by atoms with Crippen molar-refractivity contribution in [3.8, 4) is 0 Å². The molecule has 0 aliphatic carbocycles. The number of likely N-dealkylation sites (tertiary alicyclic amines) is 1. The van der Waals surface area contributed by atoms with Gasteiger partial charge in [-0.15, -0.1) is 0 Å². The smallest absolute Gasteiger partial charge is 0.415 e. The number of urea groups is 1. The molecular weight excluding hydrogens is 406 g/mol. The number of carboxylic acid groups (broad SMARTS) is 1. The Morgan fingerprint density at radius 1 is 1.13 bits per heavy atom. The molecule has 4 N–H and O–H groups in total. The van der Waals surface area contributed by atoms with Crippen molar-refractivity contribution < 1.29 is 23.5 Å². The maximum absolute atomic E-state index is 13.9. The monoisotopic (exact) mass is 432 g/mol. The molecule has 166 valence electrons. The van der Waals surface area contributed by atoms with E-state index in [1.165, 1.54) is 4.90 Å². The Bertz CT molecular complexity index is 915. The average Bonchev–Trinajstić information content (AvgIpc) is 2.76. The zero-order valence-electron chi connectivity index (χ0n) is 17.1. The molecule has 0 bridgehead atoms. The van der Waals surface area contributed by atoms with Crippen molar-refractivity contribution in [2.24, 2.45) is 5.73 Å². The van der Waals surface area contributed by atoms with Crippen LogP contribution in [-0.4, -0.2) is 52.7 Å². The lowest BCUT2D eigenvalue weighted by Crippen LogP contribution is -2.50. The molecular formula is C22H26F2N4O3. The van der Waals surface area contributed by atoms with Crippen molar-refractivity contribution in [1.29, 1.82) is 0 Å². The molecule has 3 amide bonds. The largest absolute Gasteiger partial charge is 0.465 e. The van der Waals surface area contributed by atoms with E-state index in [0.29, 0.717) is 37.4 Å². The molecule has 0 aromatic heterocycles. The van der Waals surface area contributed by atoms with Crippen molar-refractivity contribution in [2.75, 3.05) is 25.0 Å². The third-order valence-electron chi connectivity index (χ3n) is 5.32. The number of amides is 3. The highest BCUT2D eigenvalue weighted by atomic mass is 19.1. The van der Waals surface area contributed by atoms with Gasteiger partial charge >= 0.3 is 12.1 Å². The van der Waals surface area contributed by atoms with Crippen LogP contribution < -0.4 is 11.1 Å². The molecule has 1 aliphatic heterocycles. The highest BCUT2D eigenvalue weighted by Gasteiger charge is 2.30. The molecule has 0 radical (unpaired) electrons. The fraction of sp³-hybridized carbons (Fsp3) is 0.364. The van der Waals surface area contributed by atoms with Crippen LogP contribution in [0.1, 0.15) is 24.0 Å². The summed E-state index contributed by atoms with van der Waals surface area (Å²) in [5, 5.41) is 12.9. The van der Waals surface area contributed by atoms with E-state index < -0.39 is 30.3 Å². The molecule has 2 aromatic carbocycles. The minimum Gasteiger partial charge on any atom is -0.465 e. The van der Waals surface area contributed by atoms with E-state index in [1.54, 1.807) is 0 Å². The van der Waals surface area contributed by atoms with Gasteiger partial charge in [0.25, 0.3) is 0 Å². The van der Waals surface area contributed by atoms with Crippen LogP contribution in [-0.2, 0) is 13.0 Å². The molecule has 0 unspecified atom stereocenters. The molecule has 0 atom stereocenters. The number of hydrogen-bond donors (Lipinski definition) is 3. The molecule has 1 saturated heterocycles. The normalized spacial score (nSPS) is 14.4. The molecule has 2 aromatic rings. The maximum Gasteiger partial charge on any atom is 0.415 e. The predicted octanol–water partition coefficient (Wildman–Crippen LogP) is 3.64. The standard InChI is InChI=1S/C22H26F2N4O3/c23-17-3-6-20(24)16(13-17)14-28(22(30)31)21(29)27-11-8-19(9-12-27)26-18-4-1-15(2-5-18)7-10-25/h1-6,13,19,26H,7-12,14,25H2,(H,30,31). The summed E-state index contributed by atoms with van der Waals surface area (Å²) >= 11 is 0. The first-order chi connectivity index (χ1) is 14.9. The van der Waals surface area contributed by atoms with Crippen LogP contribution in [0.5, 0.6) is 0 Å². The number of nitrogens with zero attached hydrogens (tertiary/aromatic N) is 2. The van der Waals surface area contributed by atoms with Gasteiger partial charge in [0, 0.05) is 30.4 Å². The van der Waals surface area contributed by atoms with E-state index in [1.807, 2.05) is 24.3 Å². The first kappa shape index (κ1) is 22.5. The van der Waals surface area contributed by atoms with E-state index in [2.05, 4.69) is 5.32 Å². The van der Waals surface area contributed by atoms with Gasteiger partial charge in [-0.05, 0) is 61.7 Å². The second kappa shape index (κ2) is 10.2. The second-order valence-electron chi connectivity index (χ2n) is 7.53. The molecule has 1 fully saturated rings. The Morgan fingerprint density at radius 3 is 2.42 bits per heavy atom. The van der Waals surface area contributed by atoms with E-state index >= 15 is 0 Å². The van der Waals surface area contributed by atoms with Gasteiger partial charge in [-0.2, -0.15) is 0 Å². The Balaban J connectivity index is 1.57. The number of nitrogens with two attached hydrogens (primary N) is 1. The van der Waals surface area contributed by atoms with E-state index in [9.17, 15) is 23.5 Å². The number of carbonyl (C=O) groups excluding carboxylic acids is 1. The van der Waals surface area contributed by atoms with Crippen molar-refractivity contribution in [2.45, 2.75) is 31.8 Å². The number of piperidine rings is 1. The van der Waals surface area contributed by atoms with Crippen molar-refractivity contribution in [3.63, 3.8) is 0 Å². The predicted molar refractivity (Wildman–Crippen MR) is 113 cm³/mol. The van der Waals surface area contributed by atoms with Crippen LogP contribution in [0.4, 0.5) is 24.1 Å². The maximum atomic E-state index is 13.9. The van der Waals surface area contributed by atoms with Crippen LogP contribution in [0.3, 0.4) is 0 Å². The first-order valence-electron chi connectivity index (χ1n) is 10.2. The van der Waals surface area contributed by atoms with Crippen molar-refractivity contribution >= 4 is 17.8 Å². The number of nitrogens with one attached hydrogen (secondary N) is 1. The molecule has 9 heteroatoms. The number of carbonyl (C=O) groups is 2. The Hall–Kier alpha value is -3.20. The zero-order valence-corrected chi connectivity index (χ0v) is 17.1. The summed E-state index contributed by atoms with van der Waals surface area (Å²) in [5.74, 6) is -1.46. The summed E-state index contributed by atoms with van der Waals surface area (Å²) in [7, 11) is 0. The van der Waals surface area contributed by atoms with Gasteiger partial charge < -0.3 is 21.1 Å². The molecule has 3 rings (SSSR count). The van der Waals surface area contributed by atoms with Gasteiger partial charge in [0.15, 0.2) is 0 Å². The second-order valence-corrected chi connectivity index (χ2v) is 7.53. The van der Waals surface area contributed by atoms with Gasteiger partial charge in [0.05, 0.1) is 6.54 Å². The highest BCUT2D eigenvalue weighted by molar-refractivity contribution is 5.90. The number of hydrogen-bond acceptors (Lipinski definition) is 4. The van der Waals surface area contributed by atoms with Crippen molar-refractivity contribution in [3.05, 3.63) is 65.2 Å². The summed E-state index contributed by atoms with van der Waals surface area (Å²) in [5.41, 5.74) is 7.51. The van der Waals surface area contributed by atoms with Crippen LogP contribution in [0.25, 0.3) is 0 Å². The molecule has 7 nitrogen and oxygen atoms in total. The first-order valence-corrected chi connectivity index (χ1v) is 10.2. The van der Waals surface area contributed by atoms with E-state index in [-0.39, 0.29) is 11.6 Å². The number of imide groups is 1. The summed E-state index contributed by atoms with van der Waals surface area (Å²) < 4.78 is 27.3. The third-order valence-corrected chi connectivity index (χ3v) is 5.32. The lowest BCUT2D eigenvalue weighted by atomic mass is 10.0.